The molecular formula is C9H16N4O. The van der Waals surface area contributed by atoms with E-state index in [9.17, 15) is 4.79 Å². The number of carbonyl (C=O) groups is 1. The molecule has 0 saturated carbocycles. The summed E-state index contributed by atoms with van der Waals surface area (Å²) in [5, 5.41) is 7.66. The van der Waals surface area contributed by atoms with Gasteiger partial charge >= 0.3 is 0 Å². The van der Waals surface area contributed by atoms with Crippen LogP contribution in [0, 0.1) is 5.41 Å². The van der Waals surface area contributed by atoms with Gasteiger partial charge in [-0.3, -0.25) is 4.79 Å². The van der Waals surface area contributed by atoms with Gasteiger partial charge in [-0.1, -0.05) is 20.8 Å². The van der Waals surface area contributed by atoms with Crippen LogP contribution in [0.4, 0.5) is 0 Å². The SMILES string of the molecule is CN(C)C(=O)C1(C(C)(C)C)N=CN=N1. The fourth-order valence-corrected chi connectivity index (χ4v) is 1.32. The van der Waals surface area contributed by atoms with Gasteiger partial charge in [-0.05, 0) is 0 Å². The van der Waals surface area contributed by atoms with Crippen molar-refractivity contribution in [3.05, 3.63) is 0 Å². The molecule has 0 saturated heterocycles. The van der Waals surface area contributed by atoms with Gasteiger partial charge in [-0.25, -0.2) is 4.99 Å². The van der Waals surface area contributed by atoms with E-state index in [1.54, 1.807) is 14.1 Å². The van der Waals surface area contributed by atoms with Gasteiger partial charge in [0.25, 0.3) is 11.6 Å². The Bertz CT molecular complexity index is 286. The molecule has 0 radical (unpaired) electrons. The molecule has 0 bridgehead atoms. The predicted octanol–water partition coefficient (Wildman–Crippen LogP) is 1.31. The second-order valence-corrected chi connectivity index (χ2v) is 4.58. The van der Waals surface area contributed by atoms with Crippen LogP contribution in [0.2, 0.25) is 0 Å². The molecule has 1 amide bonds. The topological polar surface area (TPSA) is 57.4 Å². The zero-order valence-corrected chi connectivity index (χ0v) is 9.27. The Hall–Kier alpha value is -1.26. The molecule has 78 valence electrons. The number of rotatable bonds is 1. The van der Waals surface area contributed by atoms with Crippen LogP contribution in [0.5, 0.6) is 0 Å². The smallest absolute Gasteiger partial charge is 0.275 e. The van der Waals surface area contributed by atoms with Gasteiger partial charge in [0, 0.05) is 19.5 Å². The van der Waals surface area contributed by atoms with E-state index >= 15 is 0 Å². The summed E-state index contributed by atoms with van der Waals surface area (Å²) in [4.78, 5) is 17.6. The van der Waals surface area contributed by atoms with Crippen LogP contribution in [0.1, 0.15) is 20.8 Å². The maximum absolute atomic E-state index is 12.0. The molecule has 0 aromatic heterocycles. The van der Waals surface area contributed by atoms with Crippen LogP contribution in [-0.2, 0) is 4.79 Å². The molecule has 1 aliphatic heterocycles. The molecule has 14 heavy (non-hydrogen) atoms. The van der Waals surface area contributed by atoms with Crippen molar-refractivity contribution < 1.29 is 4.79 Å². The Labute approximate surface area is 83.9 Å². The molecule has 0 fully saturated rings. The Morgan fingerprint density at radius 3 is 2.21 bits per heavy atom. The first-order chi connectivity index (χ1) is 6.31. The summed E-state index contributed by atoms with van der Waals surface area (Å²) < 4.78 is 0. The zero-order valence-electron chi connectivity index (χ0n) is 9.27. The number of hydrogen-bond acceptors (Lipinski definition) is 4. The van der Waals surface area contributed by atoms with Crippen LogP contribution >= 0.6 is 0 Å². The van der Waals surface area contributed by atoms with Crippen LogP contribution < -0.4 is 0 Å². The second-order valence-electron chi connectivity index (χ2n) is 4.58. The molecule has 0 aromatic carbocycles. The van der Waals surface area contributed by atoms with Crippen molar-refractivity contribution in [1.29, 1.82) is 0 Å². The number of hydrogen-bond donors (Lipinski definition) is 0. The Kier molecular flexibility index (Phi) is 2.43. The minimum absolute atomic E-state index is 0.137. The fourth-order valence-electron chi connectivity index (χ4n) is 1.32. The van der Waals surface area contributed by atoms with Gasteiger partial charge in [-0.2, -0.15) is 0 Å². The Balaban J connectivity index is 3.14. The third-order valence-corrected chi connectivity index (χ3v) is 2.25. The molecule has 1 rings (SSSR count). The highest BCUT2D eigenvalue weighted by molar-refractivity contribution is 5.89. The van der Waals surface area contributed by atoms with E-state index in [0.717, 1.165) is 0 Å². The van der Waals surface area contributed by atoms with Crippen molar-refractivity contribution in [1.82, 2.24) is 4.90 Å². The predicted molar refractivity (Wildman–Crippen MR) is 54.2 cm³/mol. The monoisotopic (exact) mass is 196 g/mol. The summed E-state index contributed by atoms with van der Waals surface area (Å²) in [5.74, 6) is -0.137. The first-order valence-corrected chi connectivity index (χ1v) is 4.49. The lowest BCUT2D eigenvalue weighted by molar-refractivity contribution is -0.137. The molecule has 1 unspecified atom stereocenters. The highest BCUT2D eigenvalue weighted by Gasteiger charge is 2.51. The Morgan fingerprint density at radius 1 is 1.36 bits per heavy atom. The second kappa shape index (κ2) is 3.15. The van der Waals surface area contributed by atoms with E-state index in [1.807, 2.05) is 20.8 Å². The van der Waals surface area contributed by atoms with E-state index in [-0.39, 0.29) is 11.3 Å². The van der Waals surface area contributed by atoms with Crippen molar-refractivity contribution in [2.24, 2.45) is 20.6 Å². The maximum Gasteiger partial charge on any atom is 0.275 e. The molecule has 0 spiro atoms. The van der Waals surface area contributed by atoms with Crippen LogP contribution in [0.25, 0.3) is 0 Å². The molecule has 5 nitrogen and oxygen atoms in total. The molecule has 0 aromatic rings. The zero-order chi connectivity index (χ0) is 11.0. The van der Waals surface area contributed by atoms with Gasteiger partial charge in [-0.15, -0.1) is 10.2 Å². The van der Waals surface area contributed by atoms with Gasteiger partial charge < -0.3 is 4.90 Å². The standard InChI is InChI=1S/C9H16N4O/c1-8(2,3)9(7(14)13(4)5)10-6-11-12-9/h6H,1-5H3. The van der Waals surface area contributed by atoms with E-state index in [4.69, 9.17) is 0 Å². The average molecular weight is 196 g/mol. The van der Waals surface area contributed by atoms with Crippen molar-refractivity contribution >= 4 is 12.2 Å². The molecule has 5 heteroatoms. The lowest BCUT2D eigenvalue weighted by Crippen LogP contribution is -2.51. The summed E-state index contributed by atoms with van der Waals surface area (Å²) in [6, 6.07) is 0. The summed E-state index contributed by atoms with van der Waals surface area (Å²) in [7, 11) is 3.39. The van der Waals surface area contributed by atoms with E-state index in [1.165, 1.54) is 11.2 Å². The summed E-state index contributed by atoms with van der Waals surface area (Å²) in [5.41, 5.74) is -1.44. The minimum Gasteiger partial charge on any atom is -0.345 e. The first kappa shape index (κ1) is 10.8. The van der Waals surface area contributed by atoms with Crippen molar-refractivity contribution in [2.45, 2.75) is 26.4 Å². The molecular weight excluding hydrogens is 180 g/mol. The van der Waals surface area contributed by atoms with E-state index < -0.39 is 5.66 Å². The molecule has 0 N–H and O–H groups in total. The first-order valence-electron chi connectivity index (χ1n) is 4.49. The van der Waals surface area contributed by atoms with Crippen molar-refractivity contribution in [3.8, 4) is 0 Å². The van der Waals surface area contributed by atoms with Gasteiger partial charge in [0.15, 0.2) is 0 Å². The van der Waals surface area contributed by atoms with E-state index in [0.29, 0.717) is 0 Å². The number of azo groups is 1. The third kappa shape index (κ3) is 1.42. The van der Waals surface area contributed by atoms with Crippen LogP contribution in [0.3, 0.4) is 0 Å². The van der Waals surface area contributed by atoms with Gasteiger partial charge in [0.05, 0.1) is 0 Å². The fraction of sp³-hybridized carbons (Fsp3) is 0.778. The highest BCUT2D eigenvalue weighted by Crippen LogP contribution is 2.38. The third-order valence-electron chi connectivity index (χ3n) is 2.25. The summed E-state index contributed by atoms with van der Waals surface area (Å²) in [6.07, 6.45) is 1.34. The summed E-state index contributed by atoms with van der Waals surface area (Å²) in [6.45, 7) is 5.78. The number of nitrogens with zero attached hydrogens (tertiary/aromatic N) is 4. The molecule has 0 aliphatic carbocycles. The van der Waals surface area contributed by atoms with Gasteiger partial charge in [0.1, 0.15) is 6.34 Å². The lowest BCUT2D eigenvalue weighted by atomic mass is 9.80. The maximum atomic E-state index is 12.0. The van der Waals surface area contributed by atoms with Crippen molar-refractivity contribution in [3.63, 3.8) is 0 Å². The minimum atomic E-state index is -1.07. The Morgan fingerprint density at radius 2 is 1.93 bits per heavy atom. The largest absolute Gasteiger partial charge is 0.345 e. The lowest BCUT2D eigenvalue weighted by Gasteiger charge is -2.35. The summed E-state index contributed by atoms with van der Waals surface area (Å²) >= 11 is 0. The average Bonchev–Trinajstić information content (AvgIpc) is 2.50. The molecule has 1 heterocycles. The van der Waals surface area contributed by atoms with E-state index in [2.05, 4.69) is 15.2 Å². The number of amides is 1. The van der Waals surface area contributed by atoms with Gasteiger partial charge in [0.2, 0.25) is 0 Å². The van der Waals surface area contributed by atoms with Crippen LogP contribution in [-0.4, -0.2) is 36.9 Å². The quantitative estimate of drug-likeness (QED) is 0.623. The normalized spacial score (nSPS) is 25.5. The molecule has 1 aliphatic rings. The number of likely N-dealkylation sites (N-methyl/N-ethyl adjacent to an activating group) is 1. The van der Waals surface area contributed by atoms with Crippen LogP contribution in [0.15, 0.2) is 15.2 Å². The number of carbonyl (C=O) groups excluding carboxylic acids is 1. The number of aliphatic imine (C=N–C) groups is 1. The highest BCUT2D eigenvalue weighted by atomic mass is 16.2. The van der Waals surface area contributed by atoms with Crippen molar-refractivity contribution in [2.75, 3.05) is 14.1 Å². The molecule has 1 atom stereocenters.